The van der Waals surface area contributed by atoms with Gasteiger partial charge in [-0.3, -0.25) is 18.8 Å². The minimum Gasteiger partial charge on any atom is -0.477 e. The summed E-state index contributed by atoms with van der Waals surface area (Å²) < 4.78 is 39.9. The van der Waals surface area contributed by atoms with E-state index >= 15 is 4.39 Å². The highest BCUT2D eigenvalue weighted by Crippen LogP contribution is 2.68. The van der Waals surface area contributed by atoms with E-state index in [9.17, 15) is 48.5 Å². The maximum Gasteiger partial charge on any atom is 0.369 e. The predicted octanol–water partition coefficient (Wildman–Crippen LogP) is 1.81. The normalized spacial score (nSPS) is 15.7. The van der Waals surface area contributed by atoms with E-state index in [-0.39, 0.29) is 10.9 Å². The Hall–Kier alpha value is -2.71. The summed E-state index contributed by atoms with van der Waals surface area (Å²) in [5.74, 6) is -1.99. The third-order valence-electron chi connectivity index (χ3n) is 7.06. The van der Waals surface area contributed by atoms with Crippen LogP contribution in [-0.4, -0.2) is 82.0 Å². The van der Waals surface area contributed by atoms with Crippen molar-refractivity contribution in [2.45, 2.75) is 29.9 Å². The summed E-state index contributed by atoms with van der Waals surface area (Å²) in [5.41, 5.74) is 1.64. The molecule has 1 aromatic heterocycles. The van der Waals surface area contributed by atoms with Gasteiger partial charge >= 0.3 is 21.2 Å². The van der Waals surface area contributed by atoms with Gasteiger partial charge in [-0.05, 0) is 41.6 Å². The molecule has 1 fully saturated rings. The van der Waals surface area contributed by atoms with Crippen LogP contribution < -0.4 is 10.3 Å². The van der Waals surface area contributed by atoms with Gasteiger partial charge in [-0.2, -0.15) is 11.4 Å². The third-order valence-corrected chi connectivity index (χ3v) is 11.8. The van der Waals surface area contributed by atoms with Crippen molar-refractivity contribution in [3.8, 4) is 0 Å². The second-order valence-corrected chi connectivity index (χ2v) is 14.8. The van der Waals surface area contributed by atoms with Crippen LogP contribution in [0.15, 0.2) is 52.3 Å². The van der Waals surface area contributed by atoms with Crippen LogP contribution in [0.25, 0.3) is 10.9 Å². The Morgan fingerprint density at radius 3 is 2.17 bits per heavy atom. The molecule has 0 unspecified atom stereocenters. The number of aromatic carboxylic acids is 1. The number of carboxylic acid groups (broad SMARTS) is 1. The lowest BCUT2D eigenvalue weighted by Gasteiger charge is -2.34. The summed E-state index contributed by atoms with van der Waals surface area (Å²) in [6.07, 6.45) is 0.327. The fourth-order valence-electron chi connectivity index (χ4n) is 4.63. The van der Waals surface area contributed by atoms with Crippen molar-refractivity contribution in [1.29, 1.82) is 0 Å². The van der Waals surface area contributed by atoms with Crippen LogP contribution in [0.2, 0.25) is 0 Å². The van der Waals surface area contributed by atoms with E-state index in [0.29, 0.717) is 43.9 Å². The number of thiol groups is 1. The van der Waals surface area contributed by atoms with E-state index in [1.807, 2.05) is 15.3 Å². The number of anilines is 1. The second kappa shape index (κ2) is 12.1. The molecule has 0 atom stereocenters. The SMILES string of the molecule is CCn1cc(C(=O)O)c(=O)c2cc(F)c(N3CCN(C=[SH]c4ccc(CC(O)(P(=O)(O)O)P(=O)(O)O)cc4)CC3)cc21. The number of pyridine rings is 1. The van der Waals surface area contributed by atoms with Crippen molar-refractivity contribution in [2.24, 2.45) is 0 Å². The maximum atomic E-state index is 15.1. The Bertz CT molecular complexity index is 1670. The van der Waals surface area contributed by atoms with Crippen LogP contribution in [0.5, 0.6) is 0 Å². The van der Waals surface area contributed by atoms with Gasteiger partial charge in [0.05, 0.1) is 11.2 Å². The van der Waals surface area contributed by atoms with Crippen LogP contribution in [0.4, 0.5) is 10.1 Å². The fraction of sp³-hybridized carbons (Fsp3) is 0.320. The molecule has 0 spiro atoms. The molecule has 0 amide bonds. The molecule has 0 saturated carbocycles. The summed E-state index contributed by atoms with van der Waals surface area (Å²) in [7, 11) is -11.1. The Kier molecular flexibility index (Phi) is 9.29. The average molecular weight is 646 g/mol. The summed E-state index contributed by atoms with van der Waals surface area (Å²) in [6, 6.07) is 8.71. The number of hydrogen-bond acceptors (Lipinski definition) is 6. The maximum absolute atomic E-state index is 15.1. The smallest absolute Gasteiger partial charge is 0.369 e. The van der Waals surface area contributed by atoms with Gasteiger partial charge in [0, 0.05) is 56.2 Å². The van der Waals surface area contributed by atoms with Crippen molar-refractivity contribution in [1.82, 2.24) is 9.47 Å². The van der Waals surface area contributed by atoms with E-state index in [1.54, 1.807) is 29.7 Å². The highest BCUT2D eigenvalue weighted by atomic mass is 32.1. The Labute approximate surface area is 242 Å². The molecule has 0 bridgehead atoms. The van der Waals surface area contributed by atoms with E-state index in [0.717, 1.165) is 22.3 Å². The summed E-state index contributed by atoms with van der Waals surface area (Å²) >= 11 is 0.758. The van der Waals surface area contributed by atoms with E-state index in [1.165, 1.54) is 18.3 Å². The molecule has 2 heterocycles. The monoisotopic (exact) mass is 645 g/mol. The van der Waals surface area contributed by atoms with Gasteiger partial charge in [0.15, 0.2) is 0 Å². The van der Waals surface area contributed by atoms with Gasteiger partial charge < -0.3 is 39.3 Å². The zero-order valence-corrected chi connectivity index (χ0v) is 24.9. The first-order valence-electron chi connectivity index (χ1n) is 12.6. The third kappa shape index (κ3) is 6.45. The molecule has 6 N–H and O–H groups in total. The summed E-state index contributed by atoms with van der Waals surface area (Å²) in [6.45, 7) is 4.24. The number of nitrogens with zero attached hydrogens (tertiary/aromatic N) is 3. The molecule has 0 radical (unpaired) electrons. The lowest BCUT2D eigenvalue weighted by atomic mass is 10.1. The summed E-state index contributed by atoms with van der Waals surface area (Å²) in [5, 5.41) is 15.9. The van der Waals surface area contributed by atoms with Gasteiger partial charge in [0.25, 0.3) is 5.08 Å². The van der Waals surface area contributed by atoms with Gasteiger partial charge in [-0.15, -0.1) is 0 Å². The summed E-state index contributed by atoms with van der Waals surface area (Å²) in [4.78, 5) is 66.0. The van der Waals surface area contributed by atoms with Crippen LogP contribution in [0.3, 0.4) is 0 Å². The quantitative estimate of drug-likeness (QED) is 0.101. The van der Waals surface area contributed by atoms with Crippen LogP contribution in [0, 0.1) is 5.82 Å². The highest BCUT2D eigenvalue weighted by molar-refractivity contribution is 7.97. The molecule has 2 aromatic carbocycles. The van der Waals surface area contributed by atoms with Gasteiger partial charge in [-0.25, -0.2) is 9.18 Å². The topological polar surface area (TPSA) is 201 Å². The van der Waals surface area contributed by atoms with E-state index in [4.69, 9.17) is 0 Å². The molecule has 228 valence electrons. The minimum absolute atomic E-state index is 0.00272. The van der Waals surface area contributed by atoms with E-state index in [2.05, 4.69) is 0 Å². The van der Waals surface area contributed by atoms with Crippen LogP contribution >= 0.6 is 26.5 Å². The van der Waals surface area contributed by atoms with Crippen molar-refractivity contribution in [3.63, 3.8) is 0 Å². The predicted molar refractivity (Wildman–Crippen MR) is 157 cm³/mol. The first-order valence-corrected chi connectivity index (χ1v) is 16.8. The fourth-order valence-corrected chi connectivity index (χ4v) is 7.62. The number of fused-ring (bicyclic) bond motifs is 1. The van der Waals surface area contributed by atoms with E-state index < -0.39 is 49.5 Å². The van der Waals surface area contributed by atoms with Gasteiger partial charge in [0.1, 0.15) is 11.4 Å². The average Bonchev–Trinajstić information content (AvgIpc) is 2.92. The lowest BCUT2D eigenvalue weighted by molar-refractivity contribution is 0.0694. The zero-order valence-electron chi connectivity index (χ0n) is 22.2. The number of aliphatic hydroxyl groups is 1. The first kappa shape index (κ1) is 32.2. The van der Waals surface area contributed by atoms with Crippen LogP contribution in [0.1, 0.15) is 22.8 Å². The zero-order chi connectivity index (χ0) is 31.0. The molecule has 1 aliphatic rings. The minimum atomic E-state index is -5.56. The molecular weight excluding hydrogens is 615 g/mol. The number of rotatable bonds is 9. The number of benzene rings is 2. The van der Waals surface area contributed by atoms with Crippen LogP contribution in [-0.2, 0) is 22.1 Å². The number of carboxylic acids is 1. The molecule has 42 heavy (non-hydrogen) atoms. The molecule has 17 heteroatoms. The molecule has 4 rings (SSSR count). The molecule has 1 aliphatic heterocycles. The Morgan fingerprint density at radius 2 is 1.64 bits per heavy atom. The molecular formula is C25H30FN3O10P2S. The number of hydrogen-bond donors (Lipinski definition) is 7. The molecule has 0 aliphatic carbocycles. The van der Waals surface area contributed by atoms with Crippen molar-refractivity contribution < 1.29 is 48.1 Å². The Balaban J connectivity index is 1.45. The number of carbonyl (C=O) groups is 1. The number of aryl methyl sites for hydroxylation is 1. The Morgan fingerprint density at radius 1 is 1.05 bits per heavy atom. The van der Waals surface area contributed by atoms with Crippen molar-refractivity contribution in [2.75, 3.05) is 31.1 Å². The first-order chi connectivity index (χ1) is 19.6. The highest BCUT2D eigenvalue weighted by Gasteiger charge is 2.59. The largest absolute Gasteiger partial charge is 0.477 e. The van der Waals surface area contributed by atoms with Gasteiger partial charge in [0.2, 0.25) is 5.43 Å². The van der Waals surface area contributed by atoms with Crippen molar-refractivity contribution >= 4 is 54.6 Å². The molecule has 13 nitrogen and oxygen atoms in total. The second-order valence-electron chi connectivity index (χ2n) is 9.76. The molecule has 1 saturated heterocycles. The number of aromatic nitrogens is 1. The lowest BCUT2D eigenvalue weighted by Crippen LogP contribution is -2.45. The molecule has 3 aromatic rings. The van der Waals surface area contributed by atoms with Gasteiger partial charge in [-0.1, -0.05) is 12.1 Å². The standard InChI is InChI=1S/C25H30FN3O10P2S/c1-2-28-14-19(24(31)32)23(30)18-11-20(26)22(12-21(18)28)29-9-7-27(8-10-29)15-42-17-5-3-16(4-6-17)13-25(33,40(34,35)36)41(37,38)39/h3-6,11-12,14-15,33,42H,2,7-10,13H2,1H3,(H,31,32)(H2,34,35,36)(H2,37,38,39). The van der Waals surface area contributed by atoms with Crippen molar-refractivity contribution in [3.05, 3.63) is 69.8 Å². The number of piperazine rings is 1. The number of halogens is 1.